The Morgan fingerprint density at radius 3 is 2.55 bits per heavy atom. The van der Waals surface area contributed by atoms with Crippen LogP contribution in [0, 0.1) is 19.7 Å². The minimum absolute atomic E-state index is 0.0575. The molecule has 1 saturated heterocycles. The number of hydrogen-bond donors (Lipinski definition) is 1. The van der Waals surface area contributed by atoms with Crippen LogP contribution in [0.15, 0.2) is 46.7 Å². The molecule has 0 atom stereocenters. The van der Waals surface area contributed by atoms with E-state index in [2.05, 4.69) is 10.3 Å². The van der Waals surface area contributed by atoms with Crippen molar-refractivity contribution in [3.63, 3.8) is 0 Å². The van der Waals surface area contributed by atoms with Gasteiger partial charge in [0.2, 0.25) is 10.0 Å². The standard InChI is InChI=1S/C22H22FN3O3S2/c1-14-5-6-16(11-15(14)2)19-13-30-22(24-19)25-21(27)17-7-8-18(23)20(12-17)31(28,29)26-9-3-4-10-26/h5-8,11-13H,3-4,9-10H2,1-2H3,(H,24,25,27). The maximum atomic E-state index is 14.3. The number of carbonyl (C=O) groups excluding carboxylic acids is 1. The largest absolute Gasteiger partial charge is 0.298 e. The van der Waals surface area contributed by atoms with E-state index in [0.29, 0.717) is 18.2 Å². The predicted molar refractivity (Wildman–Crippen MR) is 119 cm³/mol. The van der Waals surface area contributed by atoms with E-state index in [1.165, 1.54) is 27.3 Å². The van der Waals surface area contributed by atoms with Gasteiger partial charge >= 0.3 is 0 Å². The Kier molecular flexibility index (Phi) is 5.92. The minimum Gasteiger partial charge on any atom is -0.298 e. The lowest BCUT2D eigenvalue weighted by molar-refractivity contribution is 0.102. The predicted octanol–water partition coefficient (Wildman–Crippen LogP) is 4.60. The van der Waals surface area contributed by atoms with E-state index in [9.17, 15) is 17.6 Å². The van der Waals surface area contributed by atoms with Gasteiger partial charge in [-0.2, -0.15) is 4.31 Å². The van der Waals surface area contributed by atoms with Gasteiger partial charge in [-0.05, 0) is 62.1 Å². The summed E-state index contributed by atoms with van der Waals surface area (Å²) < 4.78 is 41.1. The zero-order chi connectivity index (χ0) is 22.2. The highest BCUT2D eigenvalue weighted by atomic mass is 32.2. The second kappa shape index (κ2) is 8.49. The first-order chi connectivity index (χ1) is 14.8. The second-order valence-corrected chi connectivity index (χ2v) is 10.3. The number of aromatic nitrogens is 1. The Balaban J connectivity index is 1.55. The molecule has 1 aliphatic heterocycles. The van der Waals surface area contributed by atoms with Crippen LogP contribution < -0.4 is 5.32 Å². The highest BCUT2D eigenvalue weighted by Gasteiger charge is 2.30. The zero-order valence-corrected chi connectivity index (χ0v) is 18.8. The number of amides is 1. The highest BCUT2D eigenvalue weighted by Crippen LogP contribution is 2.28. The van der Waals surface area contributed by atoms with Crippen molar-refractivity contribution in [2.45, 2.75) is 31.6 Å². The number of hydrogen-bond acceptors (Lipinski definition) is 5. The van der Waals surface area contributed by atoms with Crippen LogP contribution in [0.25, 0.3) is 11.3 Å². The van der Waals surface area contributed by atoms with Crippen molar-refractivity contribution in [1.29, 1.82) is 0 Å². The Morgan fingerprint density at radius 2 is 1.84 bits per heavy atom. The molecule has 0 unspecified atom stereocenters. The van der Waals surface area contributed by atoms with E-state index < -0.39 is 26.6 Å². The molecule has 1 aromatic heterocycles. The molecule has 6 nitrogen and oxygen atoms in total. The number of thiazole rings is 1. The van der Waals surface area contributed by atoms with Crippen LogP contribution in [0.4, 0.5) is 9.52 Å². The van der Waals surface area contributed by atoms with Crippen molar-refractivity contribution in [2.75, 3.05) is 18.4 Å². The number of halogens is 1. The van der Waals surface area contributed by atoms with Crippen LogP contribution in [0.3, 0.4) is 0 Å². The number of aryl methyl sites for hydroxylation is 2. The Bertz CT molecular complexity index is 1250. The third-order valence-corrected chi connectivity index (χ3v) is 8.07. The van der Waals surface area contributed by atoms with E-state index in [1.54, 1.807) is 0 Å². The molecule has 0 aliphatic carbocycles. The van der Waals surface area contributed by atoms with Gasteiger partial charge in [-0.3, -0.25) is 10.1 Å². The summed E-state index contributed by atoms with van der Waals surface area (Å²) in [5.41, 5.74) is 4.07. The number of nitrogens with zero attached hydrogens (tertiary/aromatic N) is 2. The minimum atomic E-state index is -3.97. The normalized spacial score (nSPS) is 14.7. The third-order valence-electron chi connectivity index (χ3n) is 5.40. The molecule has 162 valence electrons. The summed E-state index contributed by atoms with van der Waals surface area (Å²) in [4.78, 5) is 16.7. The number of sulfonamides is 1. The quantitative estimate of drug-likeness (QED) is 0.605. The van der Waals surface area contributed by atoms with Gasteiger partial charge < -0.3 is 0 Å². The van der Waals surface area contributed by atoms with Crippen molar-refractivity contribution >= 4 is 32.4 Å². The number of nitrogens with one attached hydrogen (secondary N) is 1. The molecular formula is C22H22FN3O3S2. The van der Waals surface area contributed by atoms with E-state index in [0.717, 1.165) is 41.8 Å². The molecule has 0 radical (unpaired) electrons. The molecule has 2 heterocycles. The van der Waals surface area contributed by atoms with Crippen molar-refractivity contribution in [3.8, 4) is 11.3 Å². The summed E-state index contributed by atoms with van der Waals surface area (Å²) in [5, 5.41) is 4.90. The molecule has 0 spiro atoms. The van der Waals surface area contributed by atoms with Gasteiger partial charge in [0.1, 0.15) is 10.7 Å². The Morgan fingerprint density at radius 1 is 1.10 bits per heavy atom. The van der Waals surface area contributed by atoms with Gasteiger partial charge in [-0.25, -0.2) is 17.8 Å². The summed E-state index contributed by atoms with van der Waals surface area (Å²) in [5.74, 6) is -1.41. The van der Waals surface area contributed by atoms with Crippen LogP contribution in [0.2, 0.25) is 0 Å². The molecule has 9 heteroatoms. The maximum Gasteiger partial charge on any atom is 0.257 e. The van der Waals surface area contributed by atoms with E-state index in [4.69, 9.17) is 0 Å². The highest BCUT2D eigenvalue weighted by molar-refractivity contribution is 7.89. The van der Waals surface area contributed by atoms with Crippen LogP contribution in [-0.4, -0.2) is 36.7 Å². The van der Waals surface area contributed by atoms with Crippen molar-refractivity contribution in [3.05, 3.63) is 64.3 Å². The fraction of sp³-hybridized carbons (Fsp3) is 0.273. The fourth-order valence-electron chi connectivity index (χ4n) is 3.44. The summed E-state index contributed by atoms with van der Waals surface area (Å²) in [6, 6.07) is 9.40. The number of rotatable bonds is 5. The molecular weight excluding hydrogens is 437 g/mol. The van der Waals surface area contributed by atoms with Crippen molar-refractivity contribution in [2.24, 2.45) is 0 Å². The zero-order valence-electron chi connectivity index (χ0n) is 17.2. The van der Waals surface area contributed by atoms with Crippen LogP contribution in [-0.2, 0) is 10.0 Å². The third kappa shape index (κ3) is 4.39. The van der Waals surface area contributed by atoms with Gasteiger partial charge in [0, 0.05) is 29.6 Å². The van der Waals surface area contributed by atoms with Crippen LogP contribution >= 0.6 is 11.3 Å². The lowest BCUT2D eigenvalue weighted by atomic mass is 10.1. The number of benzene rings is 2. The summed E-state index contributed by atoms with van der Waals surface area (Å²) in [6.45, 7) is 4.78. The second-order valence-electron chi connectivity index (χ2n) is 7.55. The Labute approximate surface area is 184 Å². The van der Waals surface area contributed by atoms with Gasteiger partial charge in [0.25, 0.3) is 5.91 Å². The van der Waals surface area contributed by atoms with E-state index in [-0.39, 0.29) is 5.56 Å². The first-order valence-electron chi connectivity index (χ1n) is 9.90. The van der Waals surface area contributed by atoms with E-state index in [1.807, 2.05) is 37.4 Å². The molecule has 1 N–H and O–H groups in total. The fourth-order valence-corrected chi connectivity index (χ4v) is 5.77. The monoisotopic (exact) mass is 459 g/mol. The summed E-state index contributed by atoms with van der Waals surface area (Å²) >= 11 is 1.27. The molecule has 1 amide bonds. The molecule has 0 saturated carbocycles. The molecule has 1 fully saturated rings. The SMILES string of the molecule is Cc1ccc(-c2csc(NC(=O)c3ccc(F)c(S(=O)(=O)N4CCCC4)c3)n2)cc1C. The van der Waals surface area contributed by atoms with Gasteiger partial charge in [0.15, 0.2) is 5.13 Å². The van der Waals surface area contributed by atoms with Gasteiger partial charge in [-0.15, -0.1) is 11.3 Å². The molecule has 2 aromatic carbocycles. The lowest BCUT2D eigenvalue weighted by Crippen LogP contribution is -2.29. The molecule has 0 bridgehead atoms. The molecule has 4 rings (SSSR count). The topological polar surface area (TPSA) is 79.4 Å². The first kappa shape index (κ1) is 21.6. The lowest BCUT2D eigenvalue weighted by Gasteiger charge is -2.16. The van der Waals surface area contributed by atoms with Gasteiger partial charge in [0.05, 0.1) is 5.69 Å². The summed E-state index contributed by atoms with van der Waals surface area (Å²) in [6.07, 6.45) is 1.49. The van der Waals surface area contributed by atoms with Gasteiger partial charge in [-0.1, -0.05) is 12.1 Å². The van der Waals surface area contributed by atoms with Crippen molar-refractivity contribution < 1.29 is 17.6 Å². The molecule has 31 heavy (non-hydrogen) atoms. The van der Waals surface area contributed by atoms with Crippen LogP contribution in [0.1, 0.15) is 34.3 Å². The van der Waals surface area contributed by atoms with Crippen LogP contribution in [0.5, 0.6) is 0 Å². The molecule has 3 aromatic rings. The van der Waals surface area contributed by atoms with E-state index >= 15 is 0 Å². The molecule has 1 aliphatic rings. The smallest absolute Gasteiger partial charge is 0.257 e. The van der Waals surface area contributed by atoms with Crippen molar-refractivity contribution in [1.82, 2.24) is 9.29 Å². The maximum absolute atomic E-state index is 14.3. The summed E-state index contributed by atoms with van der Waals surface area (Å²) in [7, 11) is -3.97. The number of carbonyl (C=O) groups is 1. The Hall–Kier alpha value is -2.62. The number of anilines is 1. The average molecular weight is 460 g/mol. The first-order valence-corrected chi connectivity index (χ1v) is 12.2. The average Bonchev–Trinajstić information content (AvgIpc) is 3.43.